The largest absolute Gasteiger partial charge is 0.373 e. The normalized spacial score (nSPS) is 19.2. The predicted octanol–water partition coefficient (Wildman–Crippen LogP) is 3.47. The van der Waals surface area contributed by atoms with E-state index in [9.17, 15) is 8.42 Å². The van der Waals surface area contributed by atoms with Crippen LogP contribution in [0.3, 0.4) is 0 Å². The van der Waals surface area contributed by atoms with Crippen molar-refractivity contribution in [2.24, 2.45) is 0 Å². The highest BCUT2D eigenvalue weighted by atomic mass is 32.2. The van der Waals surface area contributed by atoms with E-state index in [1.54, 1.807) is 23.5 Å². The summed E-state index contributed by atoms with van der Waals surface area (Å²) >= 11 is 1.59. The topological polar surface area (TPSA) is 90.1 Å². The number of benzene rings is 2. The summed E-state index contributed by atoms with van der Waals surface area (Å²) < 4.78 is 29.3. The van der Waals surface area contributed by atoms with Gasteiger partial charge in [-0.15, -0.1) is 11.3 Å². The predicted molar refractivity (Wildman–Crippen MR) is 133 cm³/mol. The van der Waals surface area contributed by atoms with Crippen molar-refractivity contribution in [1.82, 2.24) is 20.0 Å². The maximum Gasteiger partial charge on any atom is 0.240 e. The van der Waals surface area contributed by atoms with E-state index in [4.69, 9.17) is 0 Å². The van der Waals surface area contributed by atoms with Crippen LogP contribution in [0.2, 0.25) is 0 Å². The number of hydrogen-bond acceptors (Lipinski definition) is 6. The van der Waals surface area contributed by atoms with Crippen molar-refractivity contribution >= 4 is 38.0 Å². The van der Waals surface area contributed by atoms with Gasteiger partial charge in [-0.2, -0.15) is 0 Å². The van der Waals surface area contributed by atoms with Gasteiger partial charge in [0.05, 0.1) is 10.4 Å². The lowest BCUT2D eigenvalue weighted by molar-refractivity contribution is 0.330. The fraction of sp³-hybridized carbons (Fsp3) is 0.292. The zero-order valence-corrected chi connectivity index (χ0v) is 20.2. The van der Waals surface area contributed by atoms with Crippen LogP contribution >= 0.6 is 11.3 Å². The highest BCUT2D eigenvalue weighted by Gasteiger charge is 2.43. The molecule has 172 valence electrons. The Morgan fingerprint density at radius 2 is 2.09 bits per heavy atom. The van der Waals surface area contributed by atoms with Crippen LogP contribution in [0.5, 0.6) is 0 Å². The molecule has 0 spiro atoms. The van der Waals surface area contributed by atoms with E-state index in [1.807, 2.05) is 42.2 Å². The maximum absolute atomic E-state index is 13.2. The van der Waals surface area contributed by atoms with Crippen LogP contribution in [0.25, 0.3) is 10.9 Å². The highest BCUT2D eigenvalue weighted by molar-refractivity contribution is 7.89. The van der Waals surface area contributed by atoms with Gasteiger partial charge in [-0.25, -0.2) is 13.1 Å². The van der Waals surface area contributed by atoms with E-state index in [0.29, 0.717) is 6.54 Å². The molecule has 0 amide bonds. The first-order chi connectivity index (χ1) is 15.9. The summed E-state index contributed by atoms with van der Waals surface area (Å²) in [5, 5.41) is 4.61. The zero-order valence-electron chi connectivity index (χ0n) is 18.6. The Hall–Kier alpha value is -2.72. The molecule has 2 aromatic heterocycles. The van der Waals surface area contributed by atoms with Crippen LogP contribution < -0.4 is 14.9 Å². The summed E-state index contributed by atoms with van der Waals surface area (Å²) in [5.41, 5.74) is 4.75. The number of likely N-dealkylation sites (N-methyl/N-ethyl adjacent to an activating group) is 1. The summed E-state index contributed by atoms with van der Waals surface area (Å²) in [7, 11) is -1.59. The van der Waals surface area contributed by atoms with Gasteiger partial charge in [0.25, 0.3) is 0 Å². The average molecular weight is 482 g/mol. The van der Waals surface area contributed by atoms with Crippen LogP contribution in [0.4, 0.5) is 5.69 Å². The van der Waals surface area contributed by atoms with Crippen LogP contribution in [0.1, 0.15) is 17.4 Å². The van der Waals surface area contributed by atoms with Gasteiger partial charge in [0.2, 0.25) is 10.0 Å². The second-order valence-corrected chi connectivity index (χ2v) is 11.5. The first-order valence-electron chi connectivity index (χ1n) is 10.8. The molecule has 1 aliphatic heterocycles. The van der Waals surface area contributed by atoms with Crippen molar-refractivity contribution in [2.75, 3.05) is 25.0 Å². The Morgan fingerprint density at radius 3 is 2.91 bits per heavy atom. The molecule has 2 atom stereocenters. The molecule has 3 heterocycles. The number of nitrogens with zero attached hydrogens (tertiary/aromatic N) is 2. The Labute approximate surface area is 197 Å². The Kier molecular flexibility index (Phi) is 5.74. The molecule has 3 N–H and O–H groups in total. The van der Waals surface area contributed by atoms with Crippen molar-refractivity contribution in [3.63, 3.8) is 0 Å². The second kappa shape index (κ2) is 8.57. The van der Waals surface area contributed by atoms with Gasteiger partial charge in [0, 0.05) is 66.6 Å². The van der Waals surface area contributed by atoms with Crippen LogP contribution in [0, 0.1) is 0 Å². The van der Waals surface area contributed by atoms with E-state index >= 15 is 0 Å². The van der Waals surface area contributed by atoms with E-state index in [0.717, 1.165) is 22.3 Å². The third-order valence-corrected chi connectivity index (χ3v) is 8.79. The summed E-state index contributed by atoms with van der Waals surface area (Å²) in [4.78, 5) is 10.9. The van der Waals surface area contributed by atoms with Crippen molar-refractivity contribution < 1.29 is 8.42 Å². The van der Waals surface area contributed by atoms with Crippen molar-refractivity contribution in [1.29, 1.82) is 0 Å². The minimum atomic E-state index is -3.68. The van der Waals surface area contributed by atoms with Crippen LogP contribution in [-0.4, -0.2) is 44.6 Å². The van der Waals surface area contributed by atoms with E-state index in [2.05, 4.69) is 51.0 Å². The van der Waals surface area contributed by atoms with E-state index < -0.39 is 10.0 Å². The average Bonchev–Trinajstić information content (AvgIpc) is 3.54. The molecule has 9 heteroatoms. The fourth-order valence-electron chi connectivity index (χ4n) is 4.80. The fourth-order valence-corrected chi connectivity index (χ4v) is 6.42. The number of H-pyrrole nitrogens is 1. The zero-order chi connectivity index (χ0) is 23.1. The van der Waals surface area contributed by atoms with Gasteiger partial charge in [-0.3, -0.25) is 4.98 Å². The molecule has 0 saturated heterocycles. The number of fused-ring (bicyclic) bond motifs is 2. The molecule has 0 fully saturated rings. The number of nitrogens with one attached hydrogen (secondary N) is 3. The summed E-state index contributed by atoms with van der Waals surface area (Å²) in [6, 6.07) is 15.3. The Morgan fingerprint density at radius 1 is 1.24 bits per heavy atom. The number of thiazole rings is 1. The minimum absolute atomic E-state index is 0.130. The smallest absolute Gasteiger partial charge is 0.240 e. The molecule has 1 unspecified atom stereocenters. The van der Waals surface area contributed by atoms with E-state index in [-0.39, 0.29) is 22.9 Å². The lowest BCUT2D eigenvalue weighted by atomic mass is 9.77. The summed E-state index contributed by atoms with van der Waals surface area (Å²) in [6.07, 6.45) is 3.66. The molecule has 0 aliphatic carbocycles. The van der Waals surface area contributed by atoms with Gasteiger partial charge in [0.15, 0.2) is 0 Å². The molecule has 4 aromatic rings. The second-order valence-electron chi connectivity index (χ2n) is 8.77. The first-order valence-corrected chi connectivity index (χ1v) is 13.2. The summed E-state index contributed by atoms with van der Waals surface area (Å²) in [5.74, 6) is 0. The van der Waals surface area contributed by atoms with Gasteiger partial charge in [-0.1, -0.05) is 31.2 Å². The molecule has 33 heavy (non-hydrogen) atoms. The molecule has 7 nitrogen and oxygen atoms in total. The minimum Gasteiger partial charge on any atom is -0.373 e. The maximum atomic E-state index is 13.2. The van der Waals surface area contributed by atoms with Gasteiger partial charge in [0.1, 0.15) is 0 Å². The third-order valence-electron chi connectivity index (χ3n) is 6.59. The molecule has 0 bridgehead atoms. The Bertz CT molecular complexity index is 1370. The van der Waals surface area contributed by atoms with Gasteiger partial charge in [-0.05, 0) is 35.2 Å². The SMILES string of the molecule is CN1CC(C)([C@H](CNS(=O)(=O)c2ccc3cc[nH]c3c2)NCc2cncs2)c2ccccc21. The van der Waals surface area contributed by atoms with Crippen molar-refractivity contribution in [3.8, 4) is 0 Å². The molecule has 1 aliphatic rings. The molecule has 5 rings (SSSR count). The number of aromatic amines is 1. The van der Waals surface area contributed by atoms with Crippen molar-refractivity contribution in [2.45, 2.75) is 29.8 Å². The standard InChI is InChI=1S/C24H27N5O2S2/c1-24(15-29(2)22-6-4-3-5-20(22)24)23(27-13-18-12-25-16-32-18)14-28-33(30,31)19-8-7-17-9-10-26-21(17)11-19/h3-12,16,23,26-28H,13-15H2,1-2H3/t23-,24?/m0/s1. The molecule has 0 saturated carbocycles. The van der Waals surface area contributed by atoms with Crippen molar-refractivity contribution in [3.05, 3.63) is 76.9 Å². The van der Waals surface area contributed by atoms with E-state index in [1.165, 1.54) is 11.3 Å². The first kappa shape index (κ1) is 22.1. The summed E-state index contributed by atoms with van der Waals surface area (Å²) in [6.45, 7) is 3.90. The highest BCUT2D eigenvalue weighted by Crippen LogP contribution is 2.42. The molecular weight excluding hydrogens is 454 g/mol. The number of anilines is 1. The number of aromatic nitrogens is 2. The van der Waals surface area contributed by atoms with Gasteiger partial charge >= 0.3 is 0 Å². The molecule has 0 radical (unpaired) electrons. The number of hydrogen-bond donors (Lipinski definition) is 3. The molecule has 2 aromatic carbocycles. The monoisotopic (exact) mass is 481 g/mol. The Balaban J connectivity index is 1.42. The third kappa shape index (κ3) is 4.17. The number of sulfonamides is 1. The lowest BCUT2D eigenvalue weighted by Gasteiger charge is -2.36. The van der Waals surface area contributed by atoms with Gasteiger partial charge < -0.3 is 15.2 Å². The molecular formula is C24H27N5O2S2. The number of para-hydroxylation sites is 1. The quantitative estimate of drug-likeness (QED) is 0.359. The van der Waals surface area contributed by atoms with Crippen LogP contribution in [0.15, 0.2) is 71.3 Å². The number of rotatable bonds is 8. The van der Waals surface area contributed by atoms with Crippen LogP contribution in [-0.2, 0) is 22.0 Å². The lowest BCUT2D eigenvalue weighted by Crippen LogP contribution is -2.54.